The number of nitrogens with two attached hydrogens (primary N) is 1. The molecule has 0 aromatic rings. The van der Waals surface area contributed by atoms with Gasteiger partial charge in [-0.25, -0.2) is 4.79 Å². The number of rotatable bonds is 5. The van der Waals surface area contributed by atoms with Gasteiger partial charge in [-0.3, -0.25) is 0 Å². The van der Waals surface area contributed by atoms with Crippen molar-refractivity contribution in [2.75, 3.05) is 6.61 Å². The van der Waals surface area contributed by atoms with Gasteiger partial charge in [0, 0.05) is 11.6 Å². The zero-order chi connectivity index (χ0) is 10.3. The van der Waals surface area contributed by atoms with Crippen LogP contribution in [0.15, 0.2) is 11.6 Å². The molecule has 0 bridgehead atoms. The minimum atomic E-state index is -0.259. The van der Waals surface area contributed by atoms with Crippen molar-refractivity contribution >= 4 is 5.97 Å². The van der Waals surface area contributed by atoms with Crippen molar-refractivity contribution in [3.63, 3.8) is 0 Å². The van der Waals surface area contributed by atoms with Gasteiger partial charge >= 0.3 is 5.97 Å². The summed E-state index contributed by atoms with van der Waals surface area (Å²) >= 11 is 0. The molecule has 0 heterocycles. The van der Waals surface area contributed by atoms with E-state index in [0.717, 1.165) is 12.8 Å². The second-order valence-electron chi connectivity index (χ2n) is 3.06. The Morgan fingerprint density at radius 1 is 1.54 bits per heavy atom. The molecule has 3 heteroatoms. The summed E-state index contributed by atoms with van der Waals surface area (Å²) in [5.41, 5.74) is 6.26. The van der Waals surface area contributed by atoms with E-state index in [1.807, 2.05) is 13.8 Å². The summed E-state index contributed by atoms with van der Waals surface area (Å²) in [6.07, 6.45) is 3.43. The molecular formula is C10H19NO2. The van der Waals surface area contributed by atoms with E-state index >= 15 is 0 Å². The molecule has 1 atom stereocenters. The quantitative estimate of drug-likeness (QED) is 0.523. The minimum absolute atomic E-state index is 0.0471. The Hall–Kier alpha value is -0.830. The van der Waals surface area contributed by atoms with Gasteiger partial charge in [-0.15, -0.1) is 0 Å². The van der Waals surface area contributed by atoms with Gasteiger partial charge in [-0.2, -0.15) is 0 Å². The maximum atomic E-state index is 11.2. The number of carbonyl (C=O) groups excluding carboxylic acids is 1. The van der Waals surface area contributed by atoms with Gasteiger partial charge < -0.3 is 10.5 Å². The number of hydrogen-bond acceptors (Lipinski definition) is 3. The Kier molecular flexibility index (Phi) is 6.24. The standard InChI is InChI=1S/C10H19NO2/c1-4-6-13-10(12)8(3)7-9(11)5-2/h7,9H,4-6,11H2,1-3H3. The molecule has 76 valence electrons. The van der Waals surface area contributed by atoms with Crippen LogP contribution in [0.25, 0.3) is 0 Å². The molecule has 2 N–H and O–H groups in total. The first-order chi connectivity index (χ1) is 6.11. The topological polar surface area (TPSA) is 52.3 Å². The van der Waals surface area contributed by atoms with E-state index in [-0.39, 0.29) is 12.0 Å². The fourth-order valence-electron chi connectivity index (χ4n) is 0.816. The molecule has 0 aromatic carbocycles. The first-order valence-corrected chi connectivity index (χ1v) is 4.72. The van der Waals surface area contributed by atoms with E-state index in [1.165, 1.54) is 0 Å². The Labute approximate surface area is 79.9 Å². The van der Waals surface area contributed by atoms with Crippen molar-refractivity contribution in [1.29, 1.82) is 0 Å². The van der Waals surface area contributed by atoms with Gasteiger partial charge in [0.05, 0.1) is 6.61 Å². The molecule has 0 aromatic heterocycles. The van der Waals surface area contributed by atoms with Crippen molar-refractivity contribution in [3.8, 4) is 0 Å². The second-order valence-corrected chi connectivity index (χ2v) is 3.06. The van der Waals surface area contributed by atoms with E-state index in [4.69, 9.17) is 10.5 Å². The Morgan fingerprint density at radius 3 is 2.62 bits per heavy atom. The van der Waals surface area contributed by atoms with Gasteiger partial charge in [0.25, 0.3) is 0 Å². The zero-order valence-corrected chi connectivity index (χ0v) is 8.67. The van der Waals surface area contributed by atoms with E-state index in [1.54, 1.807) is 13.0 Å². The highest BCUT2D eigenvalue weighted by Gasteiger charge is 2.06. The van der Waals surface area contributed by atoms with Crippen LogP contribution in [0.4, 0.5) is 0 Å². The highest BCUT2D eigenvalue weighted by atomic mass is 16.5. The van der Waals surface area contributed by atoms with Crippen LogP contribution in [0.3, 0.4) is 0 Å². The number of hydrogen-bond donors (Lipinski definition) is 1. The van der Waals surface area contributed by atoms with E-state index in [0.29, 0.717) is 12.2 Å². The monoisotopic (exact) mass is 185 g/mol. The van der Waals surface area contributed by atoms with Crippen LogP contribution in [0.5, 0.6) is 0 Å². The predicted molar refractivity (Wildman–Crippen MR) is 53.3 cm³/mol. The van der Waals surface area contributed by atoms with Crippen LogP contribution in [-0.4, -0.2) is 18.6 Å². The molecule has 0 amide bonds. The van der Waals surface area contributed by atoms with Crippen LogP contribution in [-0.2, 0) is 9.53 Å². The Bertz CT molecular complexity index is 187. The van der Waals surface area contributed by atoms with Crippen LogP contribution in [0.2, 0.25) is 0 Å². The molecule has 13 heavy (non-hydrogen) atoms. The molecule has 3 nitrogen and oxygen atoms in total. The highest BCUT2D eigenvalue weighted by molar-refractivity contribution is 5.87. The SMILES string of the molecule is CCCOC(=O)C(C)=CC(N)CC. The fraction of sp³-hybridized carbons (Fsp3) is 0.700. The summed E-state index contributed by atoms with van der Waals surface area (Å²) in [7, 11) is 0. The number of esters is 1. The summed E-state index contributed by atoms with van der Waals surface area (Å²) in [4.78, 5) is 11.2. The smallest absolute Gasteiger partial charge is 0.333 e. The lowest BCUT2D eigenvalue weighted by atomic mass is 10.1. The van der Waals surface area contributed by atoms with Crippen LogP contribution < -0.4 is 5.73 Å². The lowest BCUT2D eigenvalue weighted by Gasteiger charge is -2.05. The van der Waals surface area contributed by atoms with Crippen molar-refractivity contribution in [2.24, 2.45) is 5.73 Å². The average Bonchev–Trinajstić information content (AvgIpc) is 2.13. The molecule has 0 aliphatic heterocycles. The van der Waals surface area contributed by atoms with Gasteiger partial charge in [0.2, 0.25) is 0 Å². The molecule has 0 radical (unpaired) electrons. The third-order valence-electron chi connectivity index (χ3n) is 1.69. The zero-order valence-electron chi connectivity index (χ0n) is 8.67. The van der Waals surface area contributed by atoms with E-state index in [9.17, 15) is 4.79 Å². The molecule has 0 rings (SSSR count). The number of ether oxygens (including phenoxy) is 1. The second kappa shape index (κ2) is 6.66. The van der Waals surface area contributed by atoms with Crippen molar-refractivity contribution in [1.82, 2.24) is 0 Å². The molecule has 0 fully saturated rings. The maximum Gasteiger partial charge on any atom is 0.333 e. The molecule has 0 aliphatic carbocycles. The van der Waals surface area contributed by atoms with E-state index < -0.39 is 0 Å². The molecular weight excluding hydrogens is 166 g/mol. The lowest BCUT2D eigenvalue weighted by Crippen LogP contribution is -2.17. The summed E-state index contributed by atoms with van der Waals surface area (Å²) in [5, 5.41) is 0. The lowest BCUT2D eigenvalue weighted by molar-refractivity contribution is -0.139. The largest absolute Gasteiger partial charge is 0.462 e. The van der Waals surface area contributed by atoms with Crippen molar-refractivity contribution < 1.29 is 9.53 Å². The third kappa shape index (κ3) is 5.42. The van der Waals surface area contributed by atoms with Crippen LogP contribution in [0.1, 0.15) is 33.6 Å². The molecule has 0 saturated carbocycles. The normalized spacial score (nSPS) is 14.0. The van der Waals surface area contributed by atoms with E-state index in [2.05, 4.69) is 0 Å². The Balaban J connectivity index is 4.00. The minimum Gasteiger partial charge on any atom is -0.462 e. The van der Waals surface area contributed by atoms with Crippen molar-refractivity contribution in [3.05, 3.63) is 11.6 Å². The van der Waals surface area contributed by atoms with Gasteiger partial charge in [-0.1, -0.05) is 19.9 Å². The number of carbonyl (C=O) groups is 1. The van der Waals surface area contributed by atoms with Crippen molar-refractivity contribution in [2.45, 2.75) is 39.7 Å². The summed E-state index contributed by atoms with van der Waals surface area (Å²) in [5.74, 6) is -0.259. The molecule has 0 saturated heterocycles. The van der Waals surface area contributed by atoms with Gasteiger partial charge in [-0.05, 0) is 19.8 Å². The molecule has 0 aliphatic rings. The van der Waals surface area contributed by atoms with Gasteiger partial charge in [0.1, 0.15) is 0 Å². The summed E-state index contributed by atoms with van der Waals surface area (Å²) < 4.78 is 4.94. The maximum absolute atomic E-state index is 11.2. The fourth-order valence-corrected chi connectivity index (χ4v) is 0.816. The Morgan fingerprint density at radius 2 is 2.15 bits per heavy atom. The van der Waals surface area contributed by atoms with Crippen LogP contribution in [0, 0.1) is 0 Å². The first kappa shape index (κ1) is 12.2. The summed E-state index contributed by atoms with van der Waals surface area (Å²) in [6, 6.07) is -0.0471. The average molecular weight is 185 g/mol. The molecule has 1 unspecified atom stereocenters. The third-order valence-corrected chi connectivity index (χ3v) is 1.69. The predicted octanol–water partition coefficient (Wildman–Crippen LogP) is 1.62. The summed E-state index contributed by atoms with van der Waals surface area (Å²) in [6.45, 7) is 6.15. The molecule has 0 spiro atoms. The van der Waals surface area contributed by atoms with Gasteiger partial charge in [0.15, 0.2) is 0 Å². The highest BCUT2D eigenvalue weighted by Crippen LogP contribution is 2.00. The van der Waals surface area contributed by atoms with Crippen LogP contribution >= 0.6 is 0 Å². The first-order valence-electron chi connectivity index (χ1n) is 4.72.